The fraction of sp³-hybridized carbons (Fsp3) is 0.364. The van der Waals surface area contributed by atoms with Crippen molar-refractivity contribution in [2.45, 2.75) is 18.6 Å². The molecular formula is C22H23ClN2O4. The van der Waals surface area contributed by atoms with Crippen LogP contribution in [0.5, 0.6) is 0 Å². The van der Waals surface area contributed by atoms with Crippen molar-refractivity contribution in [1.82, 2.24) is 10.2 Å². The normalized spacial score (nSPS) is 20.4. The molecule has 0 spiro atoms. The van der Waals surface area contributed by atoms with E-state index in [-0.39, 0.29) is 11.9 Å². The highest BCUT2D eigenvalue weighted by molar-refractivity contribution is 6.31. The van der Waals surface area contributed by atoms with Crippen molar-refractivity contribution in [1.29, 1.82) is 0 Å². The highest BCUT2D eigenvalue weighted by atomic mass is 35.5. The van der Waals surface area contributed by atoms with Gasteiger partial charge in [-0.3, -0.25) is 9.69 Å². The number of nitrogens with zero attached hydrogens (tertiary/aromatic N) is 1. The first-order valence-electron chi connectivity index (χ1n) is 9.76. The number of morpholine rings is 1. The maximum atomic E-state index is 12.8. The van der Waals surface area contributed by atoms with Crippen LogP contribution < -0.4 is 5.32 Å². The quantitative estimate of drug-likeness (QED) is 0.762. The Bertz CT molecular complexity index is 898. The molecule has 6 nitrogen and oxygen atoms in total. The molecule has 2 heterocycles. The van der Waals surface area contributed by atoms with E-state index >= 15 is 0 Å². The number of benzene rings is 2. The molecule has 0 bridgehead atoms. The smallest absolute Gasteiger partial charge is 0.339 e. The summed E-state index contributed by atoms with van der Waals surface area (Å²) in [4.78, 5) is 27.3. The lowest BCUT2D eigenvalue weighted by atomic mass is 9.98. The van der Waals surface area contributed by atoms with Gasteiger partial charge < -0.3 is 14.8 Å². The number of hydrogen-bond donors (Lipinski definition) is 1. The number of carbonyl (C=O) groups is 2. The number of nitrogens with one attached hydrogen (secondary N) is 1. The van der Waals surface area contributed by atoms with Gasteiger partial charge in [-0.05, 0) is 23.3 Å². The third kappa shape index (κ3) is 4.45. The monoisotopic (exact) mass is 414 g/mol. The summed E-state index contributed by atoms with van der Waals surface area (Å²) in [6.45, 7) is 3.19. The number of hydrogen-bond acceptors (Lipinski definition) is 5. The lowest BCUT2D eigenvalue weighted by Gasteiger charge is -2.35. The summed E-state index contributed by atoms with van der Waals surface area (Å²) in [5.41, 5.74) is 2.32. The van der Waals surface area contributed by atoms with E-state index in [4.69, 9.17) is 21.1 Å². The maximum absolute atomic E-state index is 12.8. The molecule has 2 aliphatic rings. The Kier molecular flexibility index (Phi) is 6.13. The summed E-state index contributed by atoms with van der Waals surface area (Å²) in [5, 5.41) is 3.63. The first-order valence-corrected chi connectivity index (χ1v) is 10.1. The van der Waals surface area contributed by atoms with Crippen LogP contribution in [-0.2, 0) is 20.7 Å². The van der Waals surface area contributed by atoms with Gasteiger partial charge in [0.25, 0.3) is 5.91 Å². The zero-order valence-corrected chi connectivity index (χ0v) is 16.7. The summed E-state index contributed by atoms with van der Waals surface area (Å²) >= 11 is 6.44. The fourth-order valence-corrected chi connectivity index (χ4v) is 4.12. The molecule has 1 N–H and O–H groups in total. The van der Waals surface area contributed by atoms with E-state index < -0.39 is 12.1 Å². The molecule has 4 rings (SSSR count). The second kappa shape index (κ2) is 8.95. The Morgan fingerprint density at radius 3 is 2.66 bits per heavy atom. The van der Waals surface area contributed by atoms with Gasteiger partial charge in [0, 0.05) is 31.1 Å². The van der Waals surface area contributed by atoms with Crippen molar-refractivity contribution in [3.8, 4) is 0 Å². The number of carbonyl (C=O) groups excluding carboxylic acids is 2. The molecule has 152 valence electrons. The third-order valence-electron chi connectivity index (χ3n) is 5.40. The molecule has 0 saturated carbocycles. The van der Waals surface area contributed by atoms with E-state index in [0.29, 0.717) is 36.8 Å². The standard InChI is InChI=1S/C22H23ClN2O4/c23-18-8-4-3-7-17(18)19(25-9-11-28-12-10-25)14-24-21(26)20-13-15-5-1-2-6-16(15)22(27)29-20/h1-8,19-20H,9-14H2,(H,24,26)/t19-,20-/m0/s1. The van der Waals surface area contributed by atoms with E-state index in [2.05, 4.69) is 10.2 Å². The van der Waals surface area contributed by atoms with Crippen LogP contribution in [0.4, 0.5) is 0 Å². The van der Waals surface area contributed by atoms with Crippen LogP contribution in [0, 0.1) is 0 Å². The van der Waals surface area contributed by atoms with Crippen molar-refractivity contribution < 1.29 is 19.1 Å². The number of amides is 1. The van der Waals surface area contributed by atoms with Gasteiger partial charge in [0.2, 0.25) is 0 Å². The molecule has 0 aliphatic carbocycles. The average molecular weight is 415 g/mol. The molecule has 0 unspecified atom stereocenters. The number of ether oxygens (including phenoxy) is 2. The van der Waals surface area contributed by atoms with Gasteiger partial charge in [-0.25, -0.2) is 4.79 Å². The Morgan fingerprint density at radius 2 is 1.86 bits per heavy atom. The Hall–Kier alpha value is -2.41. The van der Waals surface area contributed by atoms with Gasteiger partial charge in [0.15, 0.2) is 6.10 Å². The average Bonchev–Trinajstić information content (AvgIpc) is 2.75. The lowest BCUT2D eigenvalue weighted by Crippen LogP contribution is -2.47. The van der Waals surface area contributed by atoms with E-state index in [1.165, 1.54) is 0 Å². The number of fused-ring (bicyclic) bond motifs is 1. The lowest BCUT2D eigenvalue weighted by molar-refractivity contribution is -0.130. The van der Waals surface area contributed by atoms with E-state index in [1.807, 2.05) is 36.4 Å². The predicted molar refractivity (Wildman–Crippen MR) is 109 cm³/mol. The van der Waals surface area contributed by atoms with Crippen LogP contribution in [-0.4, -0.2) is 55.7 Å². The Morgan fingerprint density at radius 1 is 1.14 bits per heavy atom. The molecule has 2 aromatic carbocycles. The second-order valence-corrected chi connectivity index (χ2v) is 7.59. The van der Waals surface area contributed by atoms with Crippen molar-refractivity contribution >= 4 is 23.5 Å². The number of rotatable bonds is 5. The summed E-state index contributed by atoms with van der Waals surface area (Å²) < 4.78 is 10.8. The Balaban J connectivity index is 1.47. The first kappa shape index (κ1) is 19.9. The highest BCUT2D eigenvalue weighted by Gasteiger charge is 2.32. The zero-order chi connectivity index (χ0) is 20.2. The first-order chi connectivity index (χ1) is 14.1. The molecule has 1 amide bonds. The van der Waals surface area contributed by atoms with Crippen molar-refractivity contribution in [2.75, 3.05) is 32.8 Å². The maximum Gasteiger partial charge on any atom is 0.339 e. The summed E-state index contributed by atoms with van der Waals surface area (Å²) in [7, 11) is 0. The van der Waals surface area contributed by atoms with Gasteiger partial charge in [-0.15, -0.1) is 0 Å². The van der Waals surface area contributed by atoms with Crippen molar-refractivity contribution in [2.24, 2.45) is 0 Å². The second-order valence-electron chi connectivity index (χ2n) is 7.19. The number of cyclic esters (lactones) is 1. The van der Waals surface area contributed by atoms with Crippen LogP contribution in [0.25, 0.3) is 0 Å². The van der Waals surface area contributed by atoms with Crippen LogP contribution >= 0.6 is 11.6 Å². The van der Waals surface area contributed by atoms with Crippen molar-refractivity contribution in [3.05, 3.63) is 70.2 Å². The van der Waals surface area contributed by atoms with Gasteiger partial charge in [-0.1, -0.05) is 48.0 Å². The summed E-state index contributed by atoms with van der Waals surface area (Å²) in [6, 6.07) is 14.8. The third-order valence-corrected chi connectivity index (χ3v) is 5.75. The minimum absolute atomic E-state index is 0.0804. The molecule has 7 heteroatoms. The molecule has 2 atom stereocenters. The topological polar surface area (TPSA) is 67.9 Å². The predicted octanol–water partition coefficient (Wildman–Crippen LogP) is 2.61. The SMILES string of the molecule is O=C1O[C@H](C(=O)NC[C@@H](c2ccccc2Cl)N2CCOCC2)Cc2ccccc21. The summed E-state index contributed by atoms with van der Waals surface area (Å²) in [6.07, 6.45) is -0.448. The molecular weight excluding hydrogens is 392 g/mol. The highest BCUT2D eigenvalue weighted by Crippen LogP contribution is 2.28. The van der Waals surface area contributed by atoms with Crippen LogP contribution in [0.3, 0.4) is 0 Å². The van der Waals surface area contributed by atoms with Crippen molar-refractivity contribution in [3.63, 3.8) is 0 Å². The number of esters is 1. The Labute approximate surface area is 174 Å². The molecule has 2 aromatic rings. The molecule has 1 saturated heterocycles. The van der Waals surface area contributed by atoms with Gasteiger partial charge >= 0.3 is 5.97 Å². The van der Waals surface area contributed by atoms with E-state index in [1.54, 1.807) is 12.1 Å². The largest absolute Gasteiger partial charge is 0.448 e. The number of halogens is 1. The summed E-state index contributed by atoms with van der Waals surface area (Å²) in [5.74, 6) is -0.749. The van der Waals surface area contributed by atoms with Gasteiger partial charge in [-0.2, -0.15) is 0 Å². The minimum atomic E-state index is -0.825. The van der Waals surface area contributed by atoms with Crippen LogP contribution in [0.2, 0.25) is 5.02 Å². The molecule has 0 radical (unpaired) electrons. The van der Waals surface area contributed by atoms with Crippen LogP contribution in [0.1, 0.15) is 27.5 Å². The van der Waals surface area contributed by atoms with Gasteiger partial charge in [0.05, 0.1) is 24.8 Å². The minimum Gasteiger partial charge on any atom is -0.448 e. The fourth-order valence-electron chi connectivity index (χ4n) is 3.86. The zero-order valence-electron chi connectivity index (χ0n) is 16.0. The van der Waals surface area contributed by atoms with Gasteiger partial charge in [0.1, 0.15) is 0 Å². The molecule has 29 heavy (non-hydrogen) atoms. The molecule has 2 aliphatic heterocycles. The van der Waals surface area contributed by atoms with Crippen LogP contribution in [0.15, 0.2) is 48.5 Å². The molecule has 0 aromatic heterocycles. The molecule has 1 fully saturated rings. The van der Waals surface area contributed by atoms with E-state index in [9.17, 15) is 9.59 Å². The van der Waals surface area contributed by atoms with E-state index in [0.717, 1.165) is 24.2 Å².